The van der Waals surface area contributed by atoms with Crippen LogP contribution in [0.4, 0.5) is 13.2 Å². The lowest BCUT2D eigenvalue weighted by molar-refractivity contribution is -0.132. The van der Waals surface area contributed by atoms with E-state index in [4.69, 9.17) is 4.74 Å². The number of aliphatic imine (C=N–C) groups is 1. The molecule has 1 aromatic carbocycles. The van der Waals surface area contributed by atoms with E-state index in [-0.39, 0.29) is 0 Å². The van der Waals surface area contributed by atoms with Crippen molar-refractivity contribution in [2.45, 2.75) is 12.2 Å². The summed E-state index contributed by atoms with van der Waals surface area (Å²) in [4.78, 5) is 31.8. The molecule has 0 spiro atoms. The van der Waals surface area contributed by atoms with Gasteiger partial charge in [-0.15, -0.1) is 0 Å². The minimum Gasteiger partial charge on any atom is -0.438 e. The highest BCUT2D eigenvalue weighted by molar-refractivity contribution is 6.14. The number of hydrogen-bond donors (Lipinski definition) is 1. The normalized spacial score (nSPS) is 20.5. The van der Waals surface area contributed by atoms with E-state index >= 15 is 0 Å². The largest absolute Gasteiger partial charge is 0.438 e. The first-order valence-corrected chi connectivity index (χ1v) is 8.24. The first kappa shape index (κ1) is 17.9. The number of nitrogens with one attached hydrogen (secondary N) is 1. The number of dihydropyridines is 1. The van der Waals surface area contributed by atoms with Crippen LogP contribution in [0.15, 0.2) is 59.7 Å². The van der Waals surface area contributed by atoms with Crippen LogP contribution in [0.25, 0.3) is 0 Å². The highest BCUT2D eigenvalue weighted by Gasteiger charge is 2.39. The Morgan fingerprint density at radius 3 is 2.61 bits per heavy atom. The minimum absolute atomic E-state index is 0.300. The van der Waals surface area contributed by atoms with Crippen molar-refractivity contribution in [2.75, 3.05) is 0 Å². The van der Waals surface area contributed by atoms with Crippen molar-refractivity contribution in [3.8, 4) is 11.6 Å². The van der Waals surface area contributed by atoms with Gasteiger partial charge in [0.15, 0.2) is 0 Å². The SMILES string of the molecule is O=C1N=C(C(F)(F)F)C=CC1C(=O)NC1c2ccccc2Oc2ncccc21. The molecular formula is C19H12F3N3O3. The molecule has 2 aliphatic rings. The lowest BCUT2D eigenvalue weighted by Crippen LogP contribution is -2.39. The monoisotopic (exact) mass is 387 g/mol. The molecule has 0 aliphatic carbocycles. The van der Waals surface area contributed by atoms with Crippen molar-refractivity contribution in [1.29, 1.82) is 0 Å². The van der Waals surface area contributed by atoms with Gasteiger partial charge in [-0.3, -0.25) is 9.59 Å². The van der Waals surface area contributed by atoms with E-state index in [1.807, 2.05) is 0 Å². The lowest BCUT2D eigenvalue weighted by atomic mass is 9.95. The Morgan fingerprint density at radius 1 is 1.11 bits per heavy atom. The Balaban J connectivity index is 1.62. The molecule has 1 N–H and O–H groups in total. The number of pyridine rings is 1. The molecule has 0 saturated carbocycles. The van der Waals surface area contributed by atoms with Gasteiger partial charge < -0.3 is 10.1 Å². The summed E-state index contributed by atoms with van der Waals surface area (Å²) in [5.74, 6) is -2.58. The molecule has 142 valence electrons. The Hall–Kier alpha value is -3.49. The summed E-state index contributed by atoms with van der Waals surface area (Å²) in [6, 6.07) is 9.67. The lowest BCUT2D eigenvalue weighted by Gasteiger charge is -2.28. The molecular weight excluding hydrogens is 375 g/mol. The Bertz CT molecular complexity index is 985. The molecule has 2 aliphatic heterocycles. The summed E-state index contributed by atoms with van der Waals surface area (Å²) < 4.78 is 43.8. The van der Waals surface area contributed by atoms with Crippen LogP contribution < -0.4 is 10.1 Å². The van der Waals surface area contributed by atoms with Gasteiger partial charge in [0, 0.05) is 17.3 Å². The molecule has 0 fully saturated rings. The number of carbonyl (C=O) groups is 2. The van der Waals surface area contributed by atoms with Crippen LogP contribution in [0.1, 0.15) is 17.2 Å². The van der Waals surface area contributed by atoms with E-state index in [1.165, 1.54) is 6.20 Å². The van der Waals surface area contributed by atoms with E-state index in [1.54, 1.807) is 36.4 Å². The zero-order valence-corrected chi connectivity index (χ0v) is 14.1. The van der Waals surface area contributed by atoms with Gasteiger partial charge in [0.25, 0.3) is 5.91 Å². The third kappa shape index (κ3) is 3.15. The van der Waals surface area contributed by atoms with Crippen molar-refractivity contribution in [3.05, 3.63) is 65.9 Å². The van der Waals surface area contributed by atoms with Crippen molar-refractivity contribution in [2.24, 2.45) is 10.9 Å². The van der Waals surface area contributed by atoms with Gasteiger partial charge in [0.1, 0.15) is 17.4 Å². The number of halogens is 3. The number of benzene rings is 1. The summed E-state index contributed by atoms with van der Waals surface area (Å²) in [5.41, 5.74) is -0.114. The standard InChI is InChI=1S/C19H12F3N3O3/c20-19(21,22)14-8-7-12(16(26)24-14)17(27)25-15-10-4-1-2-6-13(10)28-18-11(15)5-3-9-23-18/h1-9,12,15H,(H,25,27). The fourth-order valence-corrected chi connectivity index (χ4v) is 3.03. The van der Waals surface area contributed by atoms with E-state index < -0.39 is 35.7 Å². The number of alkyl halides is 3. The van der Waals surface area contributed by atoms with Gasteiger partial charge in [0.05, 0.1) is 6.04 Å². The smallest absolute Gasteiger partial charge is 0.433 e. The molecule has 9 heteroatoms. The molecule has 1 aromatic heterocycles. The molecule has 6 nitrogen and oxygen atoms in total. The highest BCUT2D eigenvalue weighted by Crippen LogP contribution is 2.41. The average molecular weight is 387 g/mol. The van der Waals surface area contributed by atoms with Gasteiger partial charge in [0.2, 0.25) is 11.8 Å². The number of rotatable bonds is 2. The summed E-state index contributed by atoms with van der Waals surface area (Å²) in [6.45, 7) is 0. The number of amides is 2. The topological polar surface area (TPSA) is 80.7 Å². The van der Waals surface area contributed by atoms with Crippen LogP contribution in [0.5, 0.6) is 11.6 Å². The predicted molar refractivity (Wildman–Crippen MR) is 91.9 cm³/mol. The van der Waals surface area contributed by atoms with Crippen LogP contribution in [-0.4, -0.2) is 28.7 Å². The quantitative estimate of drug-likeness (QED) is 0.803. The molecule has 0 bridgehead atoms. The van der Waals surface area contributed by atoms with Crippen LogP contribution in [0, 0.1) is 5.92 Å². The zero-order valence-electron chi connectivity index (χ0n) is 14.1. The second kappa shape index (κ2) is 6.59. The summed E-state index contributed by atoms with van der Waals surface area (Å²) in [5, 5.41) is 2.70. The Labute approximate surface area is 156 Å². The summed E-state index contributed by atoms with van der Waals surface area (Å²) >= 11 is 0. The number of hydrogen-bond acceptors (Lipinski definition) is 4. The second-order valence-electron chi connectivity index (χ2n) is 6.15. The summed E-state index contributed by atoms with van der Waals surface area (Å²) in [6.07, 6.45) is -1.67. The maximum absolute atomic E-state index is 12.7. The second-order valence-corrected chi connectivity index (χ2v) is 6.15. The molecule has 2 atom stereocenters. The fraction of sp³-hybridized carbons (Fsp3) is 0.158. The first-order valence-electron chi connectivity index (χ1n) is 8.24. The molecule has 0 saturated heterocycles. The molecule has 2 unspecified atom stereocenters. The van der Waals surface area contributed by atoms with Crippen molar-refractivity contribution in [3.63, 3.8) is 0 Å². The number of fused-ring (bicyclic) bond motifs is 2. The van der Waals surface area contributed by atoms with Crippen LogP contribution in [-0.2, 0) is 9.59 Å². The van der Waals surface area contributed by atoms with E-state index in [0.29, 0.717) is 28.8 Å². The minimum atomic E-state index is -4.75. The molecule has 28 heavy (non-hydrogen) atoms. The Kier molecular flexibility index (Phi) is 4.21. The van der Waals surface area contributed by atoms with Gasteiger partial charge in [-0.05, 0) is 24.3 Å². The van der Waals surface area contributed by atoms with Crippen LogP contribution >= 0.6 is 0 Å². The maximum Gasteiger partial charge on any atom is 0.433 e. The van der Waals surface area contributed by atoms with Crippen molar-refractivity contribution < 1.29 is 27.5 Å². The van der Waals surface area contributed by atoms with E-state index in [0.717, 1.165) is 6.08 Å². The van der Waals surface area contributed by atoms with Crippen molar-refractivity contribution in [1.82, 2.24) is 10.3 Å². The van der Waals surface area contributed by atoms with Gasteiger partial charge in [-0.1, -0.05) is 24.3 Å². The van der Waals surface area contributed by atoms with Gasteiger partial charge >= 0.3 is 6.18 Å². The van der Waals surface area contributed by atoms with Gasteiger partial charge in [-0.25, -0.2) is 9.98 Å². The fourth-order valence-electron chi connectivity index (χ4n) is 3.03. The molecule has 2 amide bonds. The molecule has 2 aromatic rings. The maximum atomic E-state index is 12.7. The first-order chi connectivity index (χ1) is 13.3. The van der Waals surface area contributed by atoms with Crippen LogP contribution in [0.2, 0.25) is 0 Å². The van der Waals surface area contributed by atoms with E-state index in [9.17, 15) is 22.8 Å². The summed E-state index contributed by atoms with van der Waals surface area (Å²) in [7, 11) is 0. The number of nitrogens with zero attached hydrogens (tertiary/aromatic N) is 2. The highest BCUT2D eigenvalue weighted by atomic mass is 19.4. The number of carbonyl (C=O) groups excluding carboxylic acids is 2. The molecule has 4 rings (SSSR count). The predicted octanol–water partition coefficient (Wildman–Crippen LogP) is 3.11. The van der Waals surface area contributed by atoms with Crippen LogP contribution in [0.3, 0.4) is 0 Å². The zero-order chi connectivity index (χ0) is 19.9. The van der Waals surface area contributed by atoms with Gasteiger partial charge in [-0.2, -0.15) is 13.2 Å². The van der Waals surface area contributed by atoms with Crippen molar-refractivity contribution >= 4 is 17.5 Å². The number of aromatic nitrogens is 1. The third-order valence-electron chi connectivity index (χ3n) is 4.35. The molecule has 3 heterocycles. The van der Waals surface area contributed by atoms with E-state index in [2.05, 4.69) is 15.3 Å². The average Bonchev–Trinajstić information content (AvgIpc) is 2.67. The number of para-hydroxylation sites is 1. The third-order valence-corrected chi connectivity index (χ3v) is 4.35. The number of allylic oxidation sites excluding steroid dienone is 1. The Morgan fingerprint density at radius 2 is 1.86 bits per heavy atom. The number of ether oxygens (including phenoxy) is 1. The molecule has 0 radical (unpaired) electrons.